The van der Waals surface area contributed by atoms with Crippen molar-refractivity contribution in [2.45, 2.75) is 211 Å². The van der Waals surface area contributed by atoms with Crippen molar-refractivity contribution in [3.63, 3.8) is 0 Å². The summed E-state index contributed by atoms with van der Waals surface area (Å²) in [6.07, 6.45) is 6.95. The van der Waals surface area contributed by atoms with E-state index >= 15 is 0 Å². The predicted molar refractivity (Wildman–Crippen MR) is 290 cm³/mol. The molecule has 0 bridgehead atoms. The highest BCUT2D eigenvalue weighted by molar-refractivity contribution is 7.65. The zero-order valence-corrected chi connectivity index (χ0v) is 50.4. The quantitative estimate of drug-likeness (QED) is 0.0650. The fraction of sp³-hybridized carbons (Fsp3) is 0.933. The van der Waals surface area contributed by atoms with Gasteiger partial charge in [0, 0.05) is 63.1 Å². The van der Waals surface area contributed by atoms with E-state index in [0.717, 1.165) is 31.8 Å². The second-order valence-electron chi connectivity index (χ2n) is 23.3. The van der Waals surface area contributed by atoms with Gasteiger partial charge in [0.25, 0.3) is 8.53 Å². The van der Waals surface area contributed by atoms with Gasteiger partial charge in [-0.25, -0.2) is 4.67 Å². The van der Waals surface area contributed by atoms with Crippen LogP contribution in [-0.4, -0.2) is 170 Å². The van der Waals surface area contributed by atoms with Crippen molar-refractivity contribution in [1.82, 2.24) is 4.67 Å². The van der Waals surface area contributed by atoms with Crippen molar-refractivity contribution in [1.29, 1.82) is 5.26 Å². The summed E-state index contributed by atoms with van der Waals surface area (Å²) in [5.74, 6) is 1.75. The second kappa shape index (κ2) is 27.1. The Bertz CT molecular complexity index is 1680. The molecule has 3 heterocycles. The molecule has 3 aliphatic rings. The van der Waals surface area contributed by atoms with Gasteiger partial charge >= 0.3 is 0 Å². The van der Waals surface area contributed by atoms with Gasteiger partial charge < -0.3 is 45.8 Å². The van der Waals surface area contributed by atoms with Crippen LogP contribution in [0.2, 0.25) is 36.3 Å². The second-order valence-corrected chi connectivity index (χ2v) is 44.5. The molecule has 3 aliphatic heterocycles. The Kier molecular flexibility index (Phi) is 26.5. The summed E-state index contributed by atoms with van der Waals surface area (Å²) < 4.78 is 79.7. The molecule has 1 unspecified atom stereocenters. The molecular weight excluding hydrogens is 941 g/mol. The van der Waals surface area contributed by atoms with Crippen molar-refractivity contribution in [3.8, 4) is 6.07 Å². The van der Waals surface area contributed by atoms with Crippen molar-refractivity contribution >= 4 is 70.1 Å². The molecule has 12 nitrogen and oxygen atoms in total. The molecule has 66 heavy (non-hydrogen) atoms. The Balaban J connectivity index is 0.000000980. The zero-order valence-electron chi connectivity index (χ0n) is 44.9. The smallest absolute Gasteiger partial charge is 0.259 e. The minimum Gasteiger partial charge on any atom is -0.412 e. The highest BCUT2D eigenvalue weighted by Gasteiger charge is 2.45. The monoisotopic (exact) mass is 1030 g/mol. The van der Waals surface area contributed by atoms with Gasteiger partial charge in [0.2, 0.25) is 0 Å². The summed E-state index contributed by atoms with van der Waals surface area (Å²) in [5, 5.41) is 9.11. The van der Waals surface area contributed by atoms with Crippen molar-refractivity contribution in [3.05, 3.63) is 11.9 Å². The van der Waals surface area contributed by atoms with Crippen LogP contribution in [0.1, 0.15) is 109 Å². The van der Waals surface area contributed by atoms with Crippen LogP contribution in [-0.2, 0) is 45.8 Å². The molecule has 0 aliphatic carbocycles. The van der Waals surface area contributed by atoms with E-state index in [-0.39, 0.29) is 66.2 Å². The summed E-state index contributed by atoms with van der Waals surface area (Å²) >= 11 is 0. The van der Waals surface area contributed by atoms with Gasteiger partial charge in [-0.1, -0.05) is 47.6 Å². The average molecular weight is 1030 g/mol. The maximum atomic E-state index is 11.9. The van der Waals surface area contributed by atoms with Crippen molar-refractivity contribution in [2.24, 2.45) is 0 Å². The molecule has 0 spiro atoms. The maximum absolute atomic E-state index is 11.9. The number of nitriles is 1. The summed E-state index contributed by atoms with van der Waals surface area (Å²) in [6.45, 7) is 41.6. The summed E-state index contributed by atoms with van der Waals surface area (Å²) in [7, 11) is 7.03. The lowest BCUT2D eigenvalue weighted by Crippen LogP contribution is -2.46. The van der Waals surface area contributed by atoms with Gasteiger partial charge in [-0.05, 0) is 123 Å². The topological polar surface area (TPSA) is 143 Å². The molecule has 0 amide bonds. The van der Waals surface area contributed by atoms with Crippen molar-refractivity contribution < 1.29 is 47.2 Å². The third-order valence-corrected chi connectivity index (χ3v) is 27.3. The third-order valence-electron chi connectivity index (χ3n) is 12.6. The number of hydrogen-bond acceptors (Lipinski definition) is 12. The van der Waals surface area contributed by atoms with E-state index in [4.69, 9.17) is 60.9 Å². The Morgan fingerprint density at radius 3 is 1.50 bits per heavy atom. The highest BCUT2D eigenvalue weighted by atomic mass is 31.2. The van der Waals surface area contributed by atoms with E-state index in [1.165, 1.54) is 0 Å². The van der Waals surface area contributed by atoms with E-state index < -0.39 is 58.6 Å². The molecule has 3 fully saturated rings. The SMILES string of the molecule is [B][C@@H]1O[C@H](/C=C/P(C)(C)=O)C[C@@H]1O[Si](C)(C)C(C)(C)C.[B][C@@H]1O[C@H](CCP(C)(C)=O)C[C@@H]1OP(OCCC#N)N(C(C)C)C(C)C.[B][C@@H]1O[C@H](CCP(C)(C)=O)C[C@@H]1O[Si](C)(C)C(C)(C)C.[HH]. The standard InChI is InChI=1S/C17H33BN2O4P2.C14H30BO3PSi.C14H28BO3PSi.H2/c1-13(2)20(14(3)4)25(22-10-7-9-19)24-16-12-15(23-17(16)18)8-11-26(5,6)21;2*1-14(2,3)20(6,7)18-12-10-11(17-13(12)15)8-9-19(4,5)16;/h13-17H,7-8,10-12H2,1-6H3;11-13H,8-10H2,1-7H3;8-9,11-13H,10H2,1-7H3;1H/b;;9-8+;/t15-,16+,17-,25?;2*11-,12+,13-;/m111./s1. The third kappa shape index (κ3) is 24.4. The predicted octanol–water partition coefficient (Wildman–Crippen LogP) is 11.7. The Labute approximate surface area is 413 Å². The van der Waals surface area contributed by atoms with Gasteiger partial charge in [-0.2, -0.15) is 5.26 Å². The first-order valence-electron chi connectivity index (χ1n) is 23.8. The Morgan fingerprint density at radius 2 is 1.12 bits per heavy atom. The van der Waals surface area contributed by atoms with E-state index in [2.05, 4.69) is 106 Å². The minimum absolute atomic E-state index is 0. The first kappa shape index (κ1) is 64.7. The average Bonchev–Trinajstić information content (AvgIpc) is 3.78. The minimum atomic E-state index is -2.16. The molecule has 10 atom stereocenters. The number of rotatable bonds is 20. The molecule has 380 valence electrons. The van der Waals surface area contributed by atoms with Crippen LogP contribution >= 0.6 is 30.0 Å². The van der Waals surface area contributed by atoms with Crippen LogP contribution in [0, 0.1) is 11.3 Å². The van der Waals surface area contributed by atoms with Crippen LogP contribution in [0.25, 0.3) is 0 Å². The molecule has 3 saturated heterocycles. The molecule has 21 heteroatoms. The van der Waals surface area contributed by atoms with Crippen LogP contribution < -0.4 is 0 Å². The Hall–Kier alpha value is 0.659. The summed E-state index contributed by atoms with van der Waals surface area (Å²) in [5.41, 5.74) is 0. The van der Waals surface area contributed by atoms with Gasteiger partial charge in [0.1, 0.15) is 30.7 Å². The Morgan fingerprint density at radius 1 is 0.727 bits per heavy atom. The lowest BCUT2D eigenvalue weighted by molar-refractivity contribution is 0.0582. The van der Waals surface area contributed by atoms with Gasteiger partial charge in [-0.15, -0.1) is 0 Å². The fourth-order valence-electron chi connectivity index (χ4n) is 6.79. The van der Waals surface area contributed by atoms with E-state index in [1.54, 1.807) is 32.5 Å². The lowest BCUT2D eigenvalue weighted by Gasteiger charge is -2.39. The zero-order chi connectivity index (χ0) is 51.4. The van der Waals surface area contributed by atoms with Crippen molar-refractivity contribution in [2.75, 3.05) is 58.9 Å². The van der Waals surface area contributed by atoms with Gasteiger partial charge in [0.15, 0.2) is 16.6 Å². The molecule has 6 radical (unpaired) electrons. The fourth-order valence-corrected chi connectivity index (χ4v) is 13.6. The van der Waals surface area contributed by atoms with Crippen LogP contribution in [0.3, 0.4) is 0 Å². The molecule has 0 aromatic rings. The first-order valence-corrected chi connectivity index (χ1v) is 39.0. The van der Waals surface area contributed by atoms with E-state index in [0.29, 0.717) is 25.6 Å². The van der Waals surface area contributed by atoms with Gasteiger partial charge in [0.05, 0.1) is 70.0 Å². The van der Waals surface area contributed by atoms with E-state index in [9.17, 15) is 13.7 Å². The normalized spacial score (nSPS) is 27.5. The molecule has 0 N–H and O–H groups in total. The van der Waals surface area contributed by atoms with Gasteiger partial charge in [-0.3, -0.25) is 0 Å². The van der Waals surface area contributed by atoms with E-state index in [1.807, 2.05) is 19.4 Å². The first-order chi connectivity index (χ1) is 29.7. The summed E-state index contributed by atoms with van der Waals surface area (Å²) in [4.78, 5) is 0. The lowest BCUT2D eigenvalue weighted by atomic mass is 9.94. The number of hydrogen-bond donors (Lipinski definition) is 0. The van der Waals surface area contributed by atoms with Crippen LogP contribution in [0.4, 0.5) is 0 Å². The molecule has 3 rings (SSSR count). The summed E-state index contributed by atoms with van der Waals surface area (Å²) in [6, 6.07) is 1.32. The molecule has 0 aromatic heterocycles. The number of nitrogens with zero attached hydrogens (tertiary/aromatic N) is 2. The molecular formula is C45H93B3N2O10P4Si2. The largest absolute Gasteiger partial charge is 0.412 e. The van der Waals surface area contributed by atoms with Crippen LogP contribution in [0.15, 0.2) is 11.9 Å². The maximum Gasteiger partial charge on any atom is 0.259 e. The molecule has 0 saturated carbocycles. The molecule has 0 aromatic carbocycles. The number of ether oxygens (including phenoxy) is 3. The highest BCUT2D eigenvalue weighted by Crippen LogP contribution is 2.50. The van der Waals surface area contributed by atoms with Crippen LogP contribution in [0.5, 0.6) is 0 Å².